The number of carboxylic acid groups (broad SMARTS) is 1. The summed E-state index contributed by atoms with van der Waals surface area (Å²) in [4.78, 5) is 33.4. The van der Waals surface area contributed by atoms with Gasteiger partial charge >= 0.3 is 5.97 Å². The molecule has 1 atom stereocenters. The zero-order valence-corrected chi connectivity index (χ0v) is 22.9. The molecule has 4 N–H and O–H groups in total. The van der Waals surface area contributed by atoms with Crippen LogP contribution in [0.15, 0.2) is 60.7 Å². The third kappa shape index (κ3) is 4.51. The molecule has 1 amide bonds. The van der Waals surface area contributed by atoms with Crippen molar-refractivity contribution < 1.29 is 23.5 Å². The summed E-state index contributed by atoms with van der Waals surface area (Å²) in [6.07, 6.45) is 0.356. The molecule has 0 saturated carbocycles. The highest BCUT2D eigenvalue weighted by molar-refractivity contribution is 6.31. The fraction of sp³-hybridized carbons (Fsp3) is 0.167. The average Bonchev–Trinajstić information content (AvgIpc) is 3.44. The number of nitrogens with one attached hydrogen (secondary N) is 1. The van der Waals surface area contributed by atoms with Crippen LogP contribution in [-0.2, 0) is 28.0 Å². The summed E-state index contributed by atoms with van der Waals surface area (Å²) in [6.45, 7) is 1.50. The van der Waals surface area contributed by atoms with Gasteiger partial charge in [-0.1, -0.05) is 41.9 Å². The van der Waals surface area contributed by atoms with Gasteiger partial charge in [0.2, 0.25) is 5.91 Å². The molecule has 1 aliphatic rings. The van der Waals surface area contributed by atoms with Crippen molar-refractivity contribution in [3.8, 4) is 11.5 Å². The molecule has 0 bridgehead atoms. The molecule has 0 aliphatic carbocycles. The first kappa shape index (κ1) is 27.3. The molecule has 5 aromatic rings. The van der Waals surface area contributed by atoms with Crippen molar-refractivity contribution in [3.05, 3.63) is 99.6 Å². The monoisotopic (exact) mass is 588 g/mol. The van der Waals surface area contributed by atoms with Gasteiger partial charge in [0.05, 0.1) is 17.6 Å². The number of halogens is 3. The lowest BCUT2D eigenvalue weighted by molar-refractivity contribution is -0.137. The Hall–Kier alpha value is -4.90. The molecule has 12 heteroatoms. The molecule has 0 spiro atoms. The standard InChI is InChI=1S/C30H23ClF2N6O3/c1-30(16-8-5-15(6-9-16)7-12-23(40)41)24-26(34)35-28(36-27(24)37-29(30)42)25-18-11-10-17(31)13-22(18)39(38-25)14-19-20(32)3-2-4-21(19)33/h2-6,8-11,13H,7,12,14H2,1H3,(H,40,41)(H3,34,35,36,37,42)/t30-/m0/s1. The molecule has 3 heterocycles. The van der Waals surface area contributed by atoms with Crippen molar-refractivity contribution in [1.29, 1.82) is 0 Å². The van der Waals surface area contributed by atoms with E-state index in [-0.39, 0.29) is 41.9 Å². The third-order valence-electron chi connectivity index (χ3n) is 7.58. The summed E-state index contributed by atoms with van der Waals surface area (Å²) in [7, 11) is 0. The van der Waals surface area contributed by atoms with E-state index in [1.807, 2.05) is 0 Å². The van der Waals surface area contributed by atoms with Crippen molar-refractivity contribution in [2.24, 2.45) is 0 Å². The van der Waals surface area contributed by atoms with Crippen molar-refractivity contribution in [1.82, 2.24) is 19.7 Å². The third-order valence-corrected chi connectivity index (χ3v) is 7.81. The number of fused-ring (bicyclic) bond motifs is 2. The van der Waals surface area contributed by atoms with Gasteiger partial charge in [0.25, 0.3) is 0 Å². The fourth-order valence-electron chi connectivity index (χ4n) is 5.31. The zero-order valence-electron chi connectivity index (χ0n) is 22.2. The second-order valence-corrected chi connectivity index (χ2v) is 10.6. The SMILES string of the molecule is C[C@@]1(c2ccc(CCC(=O)O)cc2)C(=O)Nc2nc(-c3nn(Cc4c(F)cccc4F)c4cc(Cl)ccc34)nc(N)c21. The Labute approximate surface area is 243 Å². The molecule has 3 aromatic carbocycles. The Morgan fingerprint density at radius 3 is 2.50 bits per heavy atom. The highest BCUT2D eigenvalue weighted by Gasteiger charge is 2.47. The number of amides is 1. The number of aliphatic carboxylic acids is 1. The van der Waals surface area contributed by atoms with Crippen LogP contribution in [0.25, 0.3) is 22.4 Å². The summed E-state index contributed by atoms with van der Waals surface area (Å²) >= 11 is 6.25. The van der Waals surface area contributed by atoms with Crippen LogP contribution in [0.5, 0.6) is 0 Å². The number of carboxylic acids is 1. The quantitative estimate of drug-likeness (QED) is 0.234. The summed E-state index contributed by atoms with van der Waals surface area (Å²) in [6, 6.07) is 15.7. The van der Waals surface area contributed by atoms with Crippen LogP contribution in [0.2, 0.25) is 5.02 Å². The lowest BCUT2D eigenvalue weighted by Crippen LogP contribution is -2.33. The first-order valence-corrected chi connectivity index (χ1v) is 13.3. The smallest absolute Gasteiger partial charge is 0.303 e. The van der Waals surface area contributed by atoms with Gasteiger partial charge in [0.1, 0.15) is 34.4 Å². The molecular weight excluding hydrogens is 566 g/mol. The number of aryl methyl sites for hydroxylation is 1. The number of anilines is 2. The van der Waals surface area contributed by atoms with Crippen LogP contribution in [0.1, 0.15) is 35.6 Å². The van der Waals surface area contributed by atoms with Crippen LogP contribution in [-0.4, -0.2) is 36.7 Å². The fourth-order valence-corrected chi connectivity index (χ4v) is 5.48. The van der Waals surface area contributed by atoms with Crippen molar-refractivity contribution in [2.45, 2.75) is 31.7 Å². The molecule has 0 unspecified atom stereocenters. The minimum atomic E-state index is -1.21. The summed E-state index contributed by atoms with van der Waals surface area (Å²) in [5.41, 5.74) is 7.74. The zero-order chi connectivity index (χ0) is 29.8. The second kappa shape index (κ2) is 10.2. The predicted octanol–water partition coefficient (Wildman–Crippen LogP) is 5.33. The maximum atomic E-state index is 14.5. The number of hydrogen-bond donors (Lipinski definition) is 3. The van der Waals surface area contributed by atoms with E-state index in [0.29, 0.717) is 39.2 Å². The Kier molecular flexibility index (Phi) is 6.61. The number of rotatable bonds is 7. The summed E-state index contributed by atoms with van der Waals surface area (Å²) in [5.74, 6) is -2.28. The van der Waals surface area contributed by atoms with E-state index in [2.05, 4.69) is 20.4 Å². The average molecular weight is 589 g/mol. The van der Waals surface area contributed by atoms with Gasteiger partial charge in [-0.2, -0.15) is 5.10 Å². The number of benzene rings is 3. The number of nitrogens with zero attached hydrogens (tertiary/aromatic N) is 4. The first-order valence-electron chi connectivity index (χ1n) is 13.0. The van der Waals surface area contributed by atoms with Gasteiger partial charge < -0.3 is 16.2 Å². The van der Waals surface area contributed by atoms with Gasteiger partial charge in [0.15, 0.2) is 5.82 Å². The van der Waals surface area contributed by atoms with Crippen molar-refractivity contribution in [2.75, 3.05) is 11.1 Å². The first-order chi connectivity index (χ1) is 20.1. The maximum Gasteiger partial charge on any atom is 0.303 e. The Morgan fingerprint density at radius 1 is 1.10 bits per heavy atom. The van der Waals surface area contributed by atoms with Crippen LogP contribution in [0.4, 0.5) is 20.4 Å². The van der Waals surface area contributed by atoms with Gasteiger partial charge in [0, 0.05) is 22.4 Å². The number of carbonyl (C=O) groups excluding carboxylic acids is 1. The van der Waals surface area contributed by atoms with E-state index in [1.54, 1.807) is 49.4 Å². The molecule has 6 rings (SSSR count). The van der Waals surface area contributed by atoms with Gasteiger partial charge in [-0.3, -0.25) is 14.3 Å². The van der Waals surface area contributed by atoms with Crippen LogP contribution in [0.3, 0.4) is 0 Å². The van der Waals surface area contributed by atoms with E-state index in [9.17, 15) is 18.4 Å². The topological polar surface area (TPSA) is 136 Å². The van der Waals surface area contributed by atoms with Crippen LogP contribution in [0, 0.1) is 11.6 Å². The molecule has 0 radical (unpaired) electrons. The highest BCUT2D eigenvalue weighted by Crippen LogP contribution is 2.45. The van der Waals surface area contributed by atoms with Crippen LogP contribution >= 0.6 is 11.6 Å². The molecule has 212 valence electrons. The lowest BCUT2D eigenvalue weighted by atomic mass is 9.77. The van der Waals surface area contributed by atoms with Crippen molar-refractivity contribution >= 4 is 46.0 Å². The second-order valence-electron chi connectivity index (χ2n) is 10.2. The minimum Gasteiger partial charge on any atom is -0.481 e. The molecule has 1 aliphatic heterocycles. The lowest BCUT2D eigenvalue weighted by Gasteiger charge is -2.23. The summed E-state index contributed by atoms with van der Waals surface area (Å²) in [5, 5.41) is 17.3. The van der Waals surface area contributed by atoms with Gasteiger partial charge in [-0.05, 0) is 54.8 Å². The number of aromatic nitrogens is 4. The Balaban J connectivity index is 1.42. The van der Waals surface area contributed by atoms with Gasteiger partial charge in [-0.25, -0.2) is 18.7 Å². The van der Waals surface area contributed by atoms with E-state index in [1.165, 1.54) is 22.9 Å². The predicted molar refractivity (Wildman–Crippen MR) is 153 cm³/mol. The van der Waals surface area contributed by atoms with Gasteiger partial charge in [-0.15, -0.1) is 0 Å². The van der Waals surface area contributed by atoms with E-state index < -0.39 is 23.0 Å². The largest absolute Gasteiger partial charge is 0.481 e. The summed E-state index contributed by atoms with van der Waals surface area (Å²) < 4.78 is 30.4. The Morgan fingerprint density at radius 2 is 1.81 bits per heavy atom. The molecule has 2 aromatic heterocycles. The maximum absolute atomic E-state index is 14.5. The Bertz CT molecular complexity index is 1890. The molecular formula is C30H23ClF2N6O3. The van der Waals surface area contributed by atoms with Crippen molar-refractivity contribution in [3.63, 3.8) is 0 Å². The molecule has 42 heavy (non-hydrogen) atoms. The van der Waals surface area contributed by atoms with E-state index in [0.717, 1.165) is 5.56 Å². The minimum absolute atomic E-state index is 0.00459. The van der Waals surface area contributed by atoms with Crippen LogP contribution < -0.4 is 11.1 Å². The molecule has 0 saturated heterocycles. The van der Waals surface area contributed by atoms with E-state index >= 15 is 0 Å². The highest BCUT2D eigenvalue weighted by atomic mass is 35.5. The number of nitrogen functional groups attached to an aromatic ring is 1. The number of carbonyl (C=O) groups is 2. The number of nitrogens with two attached hydrogens (primary N) is 1. The molecule has 9 nitrogen and oxygen atoms in total. The van der Waals surface area contributed by atoms with E-state index in [4.69, 9.17) is 22.4 Å². The molecule has 0 fully saturated rings. The number of hydrogen-bond acceptors (Lipinski definition) is 6. The normalized spacial score (nSPS) is 16.0.